The number of hydrogen-bond acceptors (Lipinski definition) is 5. The molecule has 34 heavy (non-hydrogen) atoms. The number of carbonyl (C=O) groups is 1. The van der Waals surface area contributed by atoms with Crippen LogP contribution in [0.2, 0.25) is 0 Å². The molecule has 0 aromatic heterocycles. The summed E-state index contributed by atoms with van der Waals surface area (Å²) in [4.78, 5) is 14.8. The zero-order valence-electron chi connectivity index (χ0n) is 19.9. The van der Waals surface area contributed by atoms with Crippen molar-refractivity contribution in [3.05, 3.63) is 95.1 Å². The van der Waals surface area contributed by atoms with Crippen LogP contribution in [-0.4, -0.2) is 45.5 Å². The predicted molar refractivity (Wildman–Crippen MR) is 136 cm³/mol. The third-order valence-electron chi connectivity index (χ3n) is 5.27. The Labute approximate surface area is 201 Å². The van der Waals surface area contributed by atoms with Gasteiger partial charge >= 0.3 is 0 Å². The lowest BCUT2D eigenvalue weighted by Crippen LogP contribution is -2.39. The number of hydrogen-bond donors (Lipinski definition) is 1. The molecular weight excluding hydrogens is 448 g/mol. The first kappa shape index (κ1) is 25.1. The Morgan fingerprint density at radius 3 is 2.00 bits per heavy atom. The number of aryl methyl sites for hydroxylation is 2. The van der Waals surface area contributed by atoms with E-state index >= 15 is 0 Å². The number of anilines is 1. The first-order valence-corrected chi connectivity index (χ1v) is 12.3. The second-order valence-electron chi connectivity index (χ2n) is 8.35. The van der Waals surface area contributed by atoms with Crippen LogP contribution in [0.3, 0.4) is 0 Å². The first-order valence-electron chi connectivity index (χ1n) is 10.9. The average molecular weight is 479 g/mol. The molecule has 1 amide bonds. The van der Waals surface area contributed by atoms with E-state index in [9.17, 15) is 13.2 Å². The molecule has 7 nitrogen and oxygen atoms in total. The third-order valence-corrected chi connectivity index (χ3v) is 7.08. The van der Waals surface area contributed by atoms with Crippen LogP contribution < -0.4 is 10.3 Å². The van der Waals surface area contributed by atoms with Crippen LogP contribution in [0.25, 0.3) is 0 Å². The van der Waals surface area contributed by atoms with Gasteiger partial charge in [0.25, 0.3) is 5.91 Å². The van der Waals surface area contributed by atoms with Crippen LogP contribution >= 0.6 is 0 Å². The fourth-order valence-electron chi connectivity index (χ4n) is 3.22. The number of rotatable bonds is 9. The molecule has 1 N–H and O–H groups in total. The Balaban J connectivity index is 1.75. The minimum Gasteiger partial charge on any atom is -0.378 e. The van der Waals surface area contributed by atoms with Crippen LogP contribution in [0.15, 0.2) is 82.8 Å². The second kappa shape index (κ2) is 11.1. The molecule has 0 spiro atoms. The van der Waals surface area contributed by atoms with Gasteiger partial charge in [-0.3, -0.25) is 4.79 Å². The average Bonchev–Trinajstić information content (AvgIpc) is 2.80. The van der Waals surface area contributed by atoms with Crippen LogP contribution in [-0.2, 0) is 21.4 Å². The summed E-state index contributed by atoms with van der Waals surface area (Å²) in [6, 6.07) is 21.8. The van der Waals surface area contributed by atoms with E-state index in [2.05, 4.69) is 10.5 Å². The fraction of sp³-hybridized carbons (Fsp3) is 0.231. The normalized spacial score (nSPS) is 11.7. The number of hydrazone groups is 1. The van der Waals surface area contributed by atoms with Crippen LogP contribution in [0.1, 0.15) is 22.3 Å². The van der Waals surface area contributed by atoms with Gasteiger partial charge in [0.1, 0.15) is 0 Å². The molecule has 0 saturated carbocycles. The lowest BCUT2D eigenvalue weighted by molar-refractivity contribution is -0.121. The topological polar surface area (TPSA) is 82.1 Å². The molecule has 0 fully saturated rings. The number of sulfonamides is 1. The zero-order chi connectivity index (χ0) is 24.7. The molecule has 3 aromatic carbocycles. The Morgan fingerprint density at radius 2 is 1.44 bits per heavy atom. The van der Waals surface area contributed by atoms with E-state index in [0.29, 0.717) is 0 Å². The standard InChI is InChI=1S/C26H30N4O3S/c1-20-5-9-23(10-6-20)18-30(34(32,33)25-15-7-21(2)8-16-25)19-26(31)28-27-17-22-11-13-24(14-12-22)29(3)4/h5-17H,18-19H2,1-4H3,(H,28,31)/b27-17-. The third kappa shape index (κ3) is 6.76. The van der Waals surface area contributed by atoms with Crippen molar-refractivity contribution in [3.63, 3.8) is 0 Å². The van der Waals surface area contributed by atoms with Gasteiger partial charge < -0.3 is 4.90 Å². The van der Waals surface area contributed by atoms with Crippen molar-refractivity contribution < 1.29 is 13.2 Å². The minimum absolute atomic E-state index is 0.0691. The summed E-state index contributed by atoms with van der Waals surface area (Å²) < 4.78 is 27.8. The lowest BCUT2D eigenvalue weighted by atomic mass is 10.1. The summed E-state index contributed by atoms with van der Waals surface area (Å²) in [5, 5.41) is 3.99. The van der Waals surface area contributed by atoms with Gasteiger partial charge in [0, 0.05) is 26.3 Å². The van der Waals surface area contributed by atoms with E-state index in [1.807, 2.05) is 81.4 Å². The molecule has 0 radical (unpaired) electrons. The van der Waals surface area contributed by atoms with Crippen LogP contribution in [0.4, 0.5) is 5.69 Å². The highest BCUT2D eigenvalue weighted by atomic mass is 32.2. The highest BCUT2D eigenvalue weighted by Crippen LogP contribution is 2.19. The van der Waals surface area contributed by atoms with Crippen molar-refractivity contribution in [1.29, 1.82) is 0 Å². The molecular formula is C26H30N4O3S. The SMILES string of the molecule is Cc1ccc(CN(CC(=O)N/N=C\c2ccc(N(C)C)cc2)S(=O)(=O)c2ccc(C)cc2)cc1. The van der Waals surface area contributed by atoms with Gasteiger partial charge in [-0.1, -0.05) is 59.7 Å². The van der Waals surface area contributed by atoms with Crippen molar-refractivity contribution in [1.82, 2.24) is 9.73 Å². The Kier molecular flexibility index (Phi) is 8.20. The van der Waals surface area contributed by atoms with E-state index in [4.69, 9.17) is 0 Å². The molecule has 0 aliphatic carbocycles. The molecule has 3 rings (SSSR count). The van der Waals surface area contributed by atoms with Crippen molar-refractivity contribution in [2.24, 2.45) is 5.10 Å². The summed E-state index contributed by atoms with van der Waals surface area (Å²) in [6.07, 6.45) is 1.52. The predicted octanol–water partition coefficient (Wildman–Crippen LogP) is 3.71. The number of benzene rings is 3. The highest BCUT2D eigenvalue weighted by Gasteiger charge is 2.27. The Morgan fingerprint density at radius 1 is 0.882 bits per heavy atom. The highest BCUT2D eigenvalue weighted by molar-refractivity contribution is 7.89. The molecule has 3 aromatic rings. The van der Waals surface area contributed by atoms with Crippen molar-refractivity contribution >= 4 is 27.8 Å². The quantitative estimate of drug-likeness (QED) is 0.376. The summed E-state index contributed by atoms with van der Waals surface area (Å²) in [5.74, 6) is -0.524. The maximum absolute atomic E-state index is 13.3. The van der Waals surface area contributed by atoms with Gasteiger partial charge in [-0.25, -0.2) is 13.8 Å². The van der Waals surface area contributed by atoms with Crippen molar-refractivity contribution in [2.45, 2.75) is 25.3 Å². The maximum Gasteiger partial charge on any atom is 0.255 e. The van der Waals surface area contributed by atoms with E-state index in [1.54, 1.807) is 24.3 Å². The molecule has 178 valence electrons. The second-order valence-corrected chi connectivity index (χ2v) is 10.3. The summed E-state index contributed by atoms with van der Waals surface area (Å²) in [6.45, 7) is 3.56. The zero-order valence-corrected chi connectivity index (χ0v) is 20.7. The number of nitrogens with one attached hydrogen (secondary N) is 1. The Bertz CT molecular complexity index is 1230. The smallest absolute Gasteiger partial charge is 0.255 e. The lowest BCUT2D eigenvalue weighted by Gasteiger charge is -2.21. The van der Waals surface area contributed by atoms with Gasteiger partial charge in [-0.05, 0) is 49.2 Å². The molecule has 0 bridgehead atoms. The van der Waals surface area contributed by atoms with E-state index < -0.39 is 15.9 Å². The van der Waals surface area contributed by atoms with Gasteiger partial charge in [0.05, 0.1) is 17.7 Å². The minimum atomic E-state index is -3.90. The molecule has 0 atom stereocenters. The fourth-order valence-corrected chi connectivity index (χ4v) is 4.60. The molecule has 0 aliphatic heterocycles. The van der Waals surface area contributed by atoms with E-state index in [-0.39, 0.29) is 18.0 Å². The van der Waals surface area contributed by atoms with E-state index in [0.717, 1.165) is 27.9 Å². The van der Waals surface area contributed by atoms with Gasteiger partial charge in [0.2, 0.25) is 10.0 Å². The largest absolute Gasteiger partial charge is 0.378 e. The molecule has 0 aliphatic rings. The number of amides is 1. The first-order chi connectivity index (χ1) is 16.1. The van der Waals surface area contributed by atoms with Crippen LogP contribution in [0.5, 0.6) is 0 Å². The van der Waals surface area contributed by atoms with Crippen molar-refractivity contribution in [3.8, 4) is 0 Å². The summed E-state index contributed by atoms with van der Waals surface area (Å²) in [7, 11) is 0.0140. The van der Waals surface area contributed by atoms with Gasteiger partial charge in [-0.15, -0.1) is 0 Å². The number of carbonyl (C=O) groups excluding carboxylic acids is 1. The monoisotopic (exact) mass is 478 g/mol. The van der Waals surface area contributed by atoms with Crippen molar-refractivity contribution in [2.75, 3.05) is 25.5 Å². The molecule has 0 unspecified atom stereocenters. The summed E-state index contributed by atoms with van der Waals surface area (Å²) in [5.41, 5.74) is 7.12. The maximum atomic E-state index is 13.3. The van der Waals surface area contributed by atoms with Crippen LogP contribution in [0, 0.1) is 13.8 Å². The summed E-state index contributed by atoms with van der Waals surface area (Å²) >= 11 is 0. The molecule has 8 heteroatoms. The van der Waals surface area contributed by atoms with E-state index in [1.165, 1.54) is 10.5 Å². The van der Waals surface area contributed by atoms with Gasteiger partial charge in [0.15, 0.2) is 0 Å². The number of nitrogens with zero attached hydrogens (tertiary/aromatic N) is 3. The molecule has 0 saturated heterocycles. The Hall–Kier alpha value is -3.49. The van der Waals surface area contributed by atoms with Gasteiger partial charge in [-0.2, -0.15) is 9.41 Å². The molecule has 0 heterocycles.